The molecule has 0 aromatic rings. The second-order valence-corrected chi connectivity index (χ2v) is 8.74. The summed E-state index contributed by atoms with van der Waals surface area (Å²) in [6.45, 7) is 15.9. The third kappa shape index (κ3) is 4.64. The molecule has 23 heavy (non-hydrogen) atoms. The lowest BCUT2D eigenvalue weighted by molar-refractivity contribution is -0.220. The first-order valence-electron chi connectivity index (χ1n) is 8.98. The Hall–Kier alpha value is -0.260. The molecule has 0 N–H and O–H groups in total. The van der Waals surface area contributed by atoms with Crippen LogP contribution in [-0.2, 0) is 4.74 Å². The summed E-state index contributed by atoms with van der Waals surface area (Å²) in [5, 5.41) is 0. The zero-order valence-electron chi connectivity index (χ0n) is 15.7. The highest BCUT2D eigenvalue weighted by Gasteiger charge is 2.44. The largest absolute Gasteiger partial charge is 0.357 e. The van der Waals surface area contributed by atoms with Gasteiger partial charge >= 0.3 is 0 Å². The molecule has 0 spiro atoms. The number of alkyl halides is 2. The van der Waals surface area contributed by atoms with E-state index in [1.54, 1.807) is 0 Å². The Morgan fingerprint density at radius 3 is 2.13 bits per heavy atom. The molecule has 1 atom stereocenters. The van der Waals surface area contributed by atoms with E-state index in [4.69, 9.17) is 4.74 Å². The van der Waals surface area contributed by atoms with Crippen LogP contribution in [-0.4, -0.2) is 59.8 Å². The van der Waals surface area contributed by atoms with E-state index in [0.29, 0.717) is 19.1 Å². The molecule has 2 rings (SSSR count). The summed E-state index contributed by atoms with van der Waals surface area (Å²) in [4.78, 5) is 4.57. The van der Waals surface area contributed by atoms with Gasteiger partial charge in [-0.3, -0.25) is 4.90 Å². The molecular weight excluding hydrogens is 298 g/mol. The van der Waals surface area contributed by atoms with Crippen LogP contribution in [0, 0.1) is 5.41 Å². The highest BCUT2D eigenvalue weighted by molar-refractivity contribution is 4.92. The molecule has 0 saturated carbocycles. The lowest BCUT2D eigenvalue weighted by Gasteiger charge is -2.50. The van der Waals surface area contributed by atoms with Crippen molar-refractivity contribution in [3.05, 3.63) is 0 Å². The number of rotatable bonds is 4. The second-order valence-electron chi connectivity index (χ2n) is 8.74. The number of likely N-dealkylation sites (tertiary alicyclic amines) is 2. The first-order valence-corrected chi connectivity index (χ1v) is 8.98. The van der Waals surface area contributed by atoms with Gasteiger partial charge in [-0.1, -0.05) is 13.8 Å². The van der Waals surface area contributed by atoms with Crippen LogP contribution in [0.4, 0.5) is 8.78 Å². The first-order chi connectivity index (χ1) is 10.4. The van der Waals surface area contributed by atoms with Gasteiger partial charge in [0.25, 0.3) is 5.92 Å². The van der Waals surface area contributed by atoms with Crippen molar-refractivity contribution in [1.82, 2.24) is 9.80 Å². The topological polar surface area (TPSA) is 15.7 Å². The van der Waals surface area contributed by atoms with E-state index in [1.165, 1.54) is 0 Å². The molecule has 0 aromatic heterocycles. The molecule has 5 heteroatoms. The second kappa shape index (κ2) is 6.57. The van der Waals surface area contributed by atoms with Crippen molar-refractivity contribution in [2.75, 3.05) is 26.2 Å². The predicted molar refractivity (Wildman–Crippen MR) is 89.8 cm³/mol. The van der Waals surface area contributed by atoms with Crippen molar-refractivity contribution >= 4 is 0 Å². The van der Waals surface area contributed by atoms with Gasteiger partial charge in [-0.05, 0) is 34.1 Å². The third-order valence-electron chi connectivity index (χ3n) is 5.58. The van der Waals surface area contributed by atoms with Crippen LogP contribution in [0.15, 0.2) is 0 Å². The van der Waals surface area contributed by atoms with E-state index in [0.717, 1.165) is 19.5 Å². The molecule has 2 saturated heterocycles. The number of ether oxygens (including phenoxy) is 1. The molecule has 136 valence electrons. The van der Waals surface area contributed by atoms with Gasteiger partial charge in [0.05, 0.1) is 6.10 Å². The smallest absolute Gasteiger partial charge is 0.250 e. The first kappa shape index (κ1) is 19.1. The molecule has 0 radical (unpaired) electrons. The van der Waals surface area contributed by atoms with Gasteiger partial charge in [0.1, 0.15) is 5.72 Å². The highest BCUT2D eigenvalue weighted by atomic mass is 19.3. The lowest BCUT2D eigenvalue weighted by Crippen LogP contribution is -2.58. The minimum atomic E-state index is -2.51. The van der Waals surface area contributed by atoms with Crippen molar-refractivity contribution in [2.45, 2.75) is 84.6 Å². The maximum Gasteiger partial charge on any atom is 0.250 e. The fourth-order valence-corrected chi connectivity index (χ4v) is 3.83. The van der Waals surface area contributed by atoms with Crippen LogP contribution in [0.3, 0.4) is 0 Å². The normalized spacial score (nSPS) is 29.9. The Balaban J connectivity index is 1.97. The van der Waals surface area contributed by atoms with E-state index in [2.05, 4.69) is 37.5 Å². The molecular formula is C18H34F2N2O. The minimum absolute atomic E-state index is 0.0605. The van der Waals surface area contributed by atoms with Gasteiger partial charge in [-0.25, -0.2) is 8.78 Å². The molecule has 1 unspecified atom stereocenters. The third-order valence-corrected chi connectivity index (χ3v) is 5.58. The molecule has 0 amide bonds. The van der Waals surface area contributed by atoms with Crippen molar-refractivity contribution < 1.29 is 13.5 Å². The Morgan fingerprint density at radius 1 is 1.09 bits per heavy atom. The van der Waals surface area contributed by atoms with Gasteiger partial charge in [0.2, 0.25) is 0 Å². The van der Waals surface area contributed by atoms with E-state index in [-0.39, 0.29) is 24.4 Å². The van der Waals surface area contributed by atoms with Crippen molar-refractivity contribution in [1.29, 1.82) is 0 Å². The van der Waals surface area contributed by atoms with Gasteiger partial charge in [-0.2, -0.15) is 0 Å². The fourth-order valence-electron chi connectivity index (χ4n) is 3.83. The quantitative estimate of drug-likeness (QED) is 0.774. The summed E-state index contributed by atoms with van der Waals surface area (Å²) in [6.07, 6.45) is 1.04. The summed E-state index contributed by atoms with van der Waals surface area (Å²) < 4.78 is 33.3. The monoisotopic (exact) mass is 332 g/mol. The summed E-state index contributed by atoms with van der Waals surface area (Å²) in [6, 6.07) is 0.549. The Labute approximate surface area is 140 Å². The zero-order valence-corrected chi connectivity index (χ0v) is 15.7. The van der Waals surface area contributed by atoms with E-state index < -0.39 is 11.6 Å². The predicted octanol–water partition coefficient (Wildman–Crippen LogP) is 3.98. The standard InChI is InChI=1S/C18H34F2N2O/c1-14(2)21-10-7-15(16(3,4)13-21)23-17(5,6)22-11-8-18(19,20)9-12-22/h14-15H,7-13H2,1-6H3. The van der Waals surface area contributed by atoms with Crippen molar-refractivity contribution in [3.63, 3.8) is 0 Å². The van der Waals surface area contributed by atoms with Gasteiger partial charge in [-0.15, -0.1) is 0 Å². The summed E-state index contributed by atoms with van der Waals surface area (Å²) in [5.41, 5.74) is -0.419. The molecule has 0 bridgehead atoms. The SMILES string of the molecule is CC(C)N1CCC(OC(C)(C)N2CCC(F)(F)CC2)C(C)(C)C1. The fraction of sp³-hybridized carbons (Fsp3) is 1.00. The van der Waals surface area contributed by atoms with Crippen molar-refractivity contribution in [2.24, 2.45) is 5.41 Å². The van der Waals surface area contributed by atoms with Crippen LogP contribution in [0.5, 0.6) is 0 Å². The molecule has 0 aromatic carbocycles. The Kier molecular flexibility index (Phi) is 5.44. The number of piperidine rings is 2. The molecule has 2 heterocycles. The maximum absolute atomic E-state index is 13.4. The van der Waals surface area contributed by atoms with Crippen LogP contribution >= 0.6 is 0 Å². The van der Waals surface area contributed by atoms with E-state index >= 15 is 0 Å². The summed E-state index contributed by atoms with van der Waals surface area (Å²) in [7, 11) is 0. The number of nitrogens with zero attached hydrogens (tertiary/aromatic N) is 2. The summed E-state index contributed by atoms with van der Waals surface area (Å²) in [5.74, 6) is -2.51. The Morgan fingerprint density at radius 2 is 1.65 bits per heavy atom. The van der Waals surface area contributed by atoms with Crippen LogP contribution in [0.2, 0.25) is 0 Å². The number of halogens is 2. The molecule has 0 aliphatic carbocycles. The maximum atomic E-state index is 13.4. The summed E-state index contributed by atoms with van der Waals surface area (Å²) >= 11 is 0. The average Bonchev–Trinajstić information content (AvgIpc) is 2.40. The van der Waals surface area contributed by atoms with E-state index in [9.17, 15) is 8.78 Å². The molecule has 2 aliphatic rings. The van der Waals surface area contributed by atoms with Crippen LogP contribution in [0.1, 0.15) is 60.8 Å². The van der Waals surface area contributed by atoms with E-state index in [1.807, 2.05) is 13.8 Å². The van der Waals surface area contributed by atoms with Crippen LogP contribution in [0.25, 0.3) is 0 Å². The number of hydrogen-bond acceptors (Lipinski definition) is 3. The lowest BCUT2D eigenvalue weighted by atomic mass is 9.80. The molecule has 2 fully saturated rings. The molecule has 3 nitrogen and oxygen atoms in total. The zero-order chi connectivity index (χ0) is 17.5. The van der Waals surface area contributed by atoms with Crippen molar-refractivity contribution in [3.8, 4) is 0 Å². The van der Waals surface area contributed by atoms with Gasteiger partial charge in [0.15, 0.2) is 0 Å². The Bertz CT molecular complexity index is 400. The number of hydrogen-bond donors (Lipinski definition) is 0. The average molecular weight is 332 g/mol. The highest BCUT2D eigenvalue weighted by Crippen LogP contribution is 2.37. The minimum Gasteiger partial charge on any atom is -0.357 e. The van der Waals surface area contributed by atoms with Gasteiger partial charge in [0, 0.05) is 50.5 Å². The van der Waals surface area contributed by atoms with Gasteiger partial charge < -0.3 is 9.64 Å². The van der Waals surface area contributed by atoms with Crippen LogP contribution < -0.4 is 0 Å². The molecule has 2 aliphatic heterocycles.